The number of carbonyl (C=O) groups excluding carboxylic acids is 1. The standard InChI is InChI=1S/C12H10Cl2N2O5/c1-2-3-8(12(18)19)15-11(17)6-4-7(13)10(14)9(5-6)16(20)21/h2,4-5,8H,1,3H2,(H,15,17)(H,18,19). The molecule has 9 heteroatoms. The minimum absolute atomic E-state index is 0.00445. The van der Waals surface area contributed by atoms with E-state index in [0.29, 0.717) is 0 Å². The van der Waals surface area contributed by atoms with Gasteiger partial charge in [0, 0.05) is 11.6 Å². The van der Waals surface area contributed by atoms with Crippen LogP contribution in [-0.4, -0.2) is 27.9 Å². The number of halogens is 2. The summed E-state index contributed by atoms with van der Waals surface area (Å²) in [6.07, 6.45) is 1.33. The fourth-order valence-corrected chi connectivity index (χ4v) is 1.86. The van der Waals surface area contributed by atoms with Crippen LogP contribution in [0.15, 0.2) is 24.8 Å². The van der Waals surface area contributed by atoms with Gasteiger partial charge in [-0.05, 0) is 12.5 Å². The summed E-state index contributed by atoms with van der Waals surface area (Å²) in [4.78, 5) is 32.9. The molecule has 1 amide bonds. The Morgan fingerprint density at radius 3 is 2.57 bits per heavy atom. The van der Waals surface area contributed by atoms with E-state index in [1.807, 2.05) is 0 Å². The molecule has 0 aliphatic rings. The third kappa shape index (κ3) is 4.17. The summed E-state index contributed by atoms with van der Waals surface area (Å²) in [6, 6.07) is 0.860. The third-order valence-electron chi connectivity index (χ3n) is 2.47. The van der Waals surface area contributed by atoms with E-state index in [4.69, 9.17) is 28.3 Å². The highest BCUT2D eigenvalue weighted by molar-refractivity contribution is 6.43. The van der Waals surface area contributed by atoms with E-state index in [1.165, 1.54) is 6.08 Å². The van der Waals surface area contributed by atoms with Gasteiger partial charge in [0.1, 0.15) is 11.1 Å². The summed E-state index contributed by atoms with van der Waals surface area (Å²) in [5.41, 5.74) is -0.698. The summed E-state index contributed by atoms with van der Waals surface area (Å²) >= 11 is 11.4. The molecule has 0 fully saturated rings. The second kappa shape index (κ2) is 7.05. The van der Waals surface area contributed by atoms with Gasteiger partial charge in [0.2, 0.25) is 0 Å². The summed E-state index contributed by atoms with van der Waals surface area (Å²) in [5.74, 6) is -2.07. The van der Waals surface area contributed by atoms with Crippen LogP contribution in [-0.2, 0) is 4.79 Å². The van der Waals surface area contributed by atoms with Gasteiger partial charge in [-0.1, -0.05) is 29.3 Å². The van der Waals surface area contributed by atoms with Crippen LogP contribution in [0.25, 0.3) is 0 Å². The molecule has 0 spiro atoms. The minimum atomic E-state index is -1.25. The van der Waals surface area contributed by atoms with Crippen LogP contribution in [0.3, 0.4) is 0 Å². The molecule has 1 aromatic carbocycles. The van der Waals surface area contributed by atoms with Crippen molar-refractivity contribution in [3.63, 3.8) is 0 Å². The van der Waals surface area contributed by atoms with E-state index in [-0.39, 0.29) is 22.0 Å². The molecule has 0 aliphatic heterocycles. The van der Waals surface area contributed by atoms with Crippen LogP contribution in [0, 0.1) is 10.1 Å². The molecule has 0 aliphatic carbocycles. The lowest BCUT2D eigenvalue weighted by molar-refractivity contribution is -0.384. The topological polar surface area (TPSA) is 110 Å². The van der Waals surface area contributed by atoms with Crippen molar-refractivity contribution in [3.05, 3.63) is 50.5 Å². The van der Waals surface area contributed by atoms with E-state index >= 15 is 0 Å². The lowest BCUT2D eigenvalue weighted by atomic mass is 10.1. The van der Waals surface area contributed by atoms with Crippen molar-refractivity contribution in [2.24, 2.45) is 0 Å². The first-order chi connectivity index (χ1) is 9.77. The molecule has 7 nitrogen and oxygen atoms in total. The second-order valence-electron chi connectivity index (χ2n) is 3.94. The Morgan fingerprint density at radius 2 is 2.10 bits per heavy atom. The molecule has 1 aromatic rings. The smallest absolute Gasteiger partial charge is 0.326 e. The van der Waals surface area contributed by atoms with E-state index in [0.717, 1.165) is 12.1 Å². The summed E-state index contributed by atoms with van der Waals surface area (Å²) < 4.78 is 0. The van der Waals surface area contributed by atoms with Crippen LogP contribution in [0.1, 0.15) is 16.8 Å². The second-order valence-corrected chi connectivity index (χ2v) is 4.72. The minimum Gasteiger partial charge on any atom is -0.480 e. The molecule has 112 valence electrons. The van der Waals surface area contributed by atoms with E-state index < -0.39 is 28.5 Å². The molecule has 2 N–H and O–H groups in total. The van der Waals surface area contributed by atoms with Crippen LogP contribution < -0.4 is 5.32 Å². The molecule has 1 unspecified atom stereocenters. The number of amides is 1. The SMILES string of the molecule is C=CCC(NC(=O)c1cc(Cl)c(Cl)c([N+](=O)[O-])c1)C(=O)O. The van der Waals surface area contributed by atoms with Crippen molar-refractivity contribution in [2.45, 2.75) is 12.5 Å². The summed E-state index contributed by atoms with van der Waals surface area (Å²) in [6.45, 7) is 3.38. The molecule has 1 rings (SSSR count). The molecule has 0 saturated heterocycles. The van der Waals surface area contributed by atoms with Crippen LogP contribution in [0.4, 0.5) is 5.69 Å². The number of nitrogens with zero attached hydrogens (tertiary/aromatic N) is 1. The number of nitro benzene ring substituents is 1. The predicted octanol–water partition coefficient (Wildman–Crippen LogP) is 2.66. The van der Waals surface area contributed by atoms with Crippen molar-refractivity contribution in [3.8, 4) is 0 Å². The van der Waals surface area contributed by atoms with Crippen LogP contribution >= 0.6 is 23.2 Å². The van der Waals surface area contributed by atoms with Crippen LogP contribution in [0.2, 0.25) is 10.0 Å². The normalized spacial score (nSPS) is 11.5. The lowest BCUT2D eigenvalue weighted by Gasteiger charge is -2.12. The summed E-state index contributed by atoms with van der Waals surface area (Å²) in [7, 11) is 0. The Hall–Kier alpha value is -2.12. The van der Waals surface area contributed by atoms with Gasteiger partial charge in [0.15, 0.2) is 0 Å². The van der Waals surface area contributed by atoms with E-state index in [2.05, 4.69) is 11.9 Å². The van der Waals surface area contributed by atoms with Crippen molar-refractivity contribution in [1.82, 2.24) is 5.32 Å². The van der Waals surface area contributed by atoms with Gasteiger partial charge < -0.3 is 10.4 Å². The van der Waals surface area contributed by atoms with Crippen molar-refractivity contribution in [2.75, 3.05) is 0 Å². The first kappa shape index (κ1) is 16.9. The Balaban J connectivity index is 3.10. The van der Waals surface area contributed by atoms with Gasteiger partial charge in [-0.2, -0.15) is 0 Å². The van der Waals surface area contributed by atoms with Gasteiger partial charge in [0.25, 0.3) is 11.6 Å². The number of hydrogen-bond acceptors (Lipinski definition) is 4. The van der Waals surface area contributed by atoms with Crippen molar-refractivity contribution in [1.29, 1.82) is 0 Å². The number of carboxylic acid groups (broad SMARTS) is 1. The maximum absolute atomic E-state index is 11.9. The summed E-state index contributed by atoms with van der Waals surface area (Å²) in [5, 5.41) is 21.5. The van der Waals surface area contributed by atoms with Gasteiger partial charge in [-0.15, -0.1) is 6.58 Å². The van der Waals surface area contributed by atoms with Crippen LogP contribution in [0.5, 0.6) is 0 Å². The first-order valence-corrected chi connectivity index (χ1v) is 6.31. The number of carboxylic acids is 1. The number of rotatable bonds is 6. The Bertz CT molecular complexity index is 618. The monoisotopic (exact) mass is 332 g/mol. The number of aliphatic carboxylic acids is 1. The Morgan fingerprint density at radius 1 is 1.48 bits per heavy atom. The zero-order valence-electron chi connectivity index (χ0n) is 10.5. The molecule has 21 heavy (non-hydrogen) atoms. The highest BCUT2D eigenvalue weighted by Gasteiger charge is 2.23. The molecule has 0 bridgehead atoms. The van der Waals surface area contributed by atoms with E-state index in [9.17, 15) is 19.7 Å². The number of benzene rings is 1. The van der Waals surface area contributed by atoms with Gasteiger partial charge in [0.05, 0.1) is 9.95 Å². The van der Waals surface area contributed by atoms with E-state index in [1.54, 1.807) is 0 Å². The largest absolute Gasteiger partial charge is 0.480 e. The average Bonchev–Trinajstić information content (AvgIpc) is 2.40. The molecule has 1 atom stereocenters. The quantitative estimate of drug-likeness (QED) is 0.472. The average molecular weight is 333 g/mol. The van der Waals surface area contributed by atoms with Gasteiger partial charge >= 0.3 is 5.97 Å². The molecular formula is C12H10Cl2N2O5. The molecular weight excluding hydrogens is 323 g/mol. The van der Waals surface area contributed by atoms with Gasteiger partial charge in [-0.25, -0.2) is 4.79 Å². The predicted molar refractivity (Wildman–Crippen MR) is 76.8 cm³/mol. The highest BCUT2D eigenvalue weighted by Crippen LogP contribution is 2.33. The lowest BCUT2D eigenvalue weighted by Crippen LogP contribution is -2.40. The number of hydrogen-bond donors (Lipinski definition) is 2. The fourth-order valence-electron chi connectivity index (χ4n) is 1.47. The fraction of sp³-hybridized carbons (Fsp3) is 0.167. The molecule has 0 aromatic heterocycles. The maximum Gasteiger partial charge on any atom is 0.326 e. The maximum atomic E-state index is 11.9. The van der Waals surface area contributed by atoms with Crippen molar-refractivity contribution < 1.29 is 19.6 Å². The number of nitro groups is 1. The zero-order chi connectivity index (χ0) is 16.2. The molecule has 0 saturated carbocycles. The van der Waals surface area contributed by atoms with Crippen molar-refractivity contribution >= 4 is 40.8 Å². The molecule has 0 heterocycles. The number of carbonyl (C=O) groups is 2. The van der Waals surface area contributed by atoms with Gasteiger partial charge in [-0.3, -0.25) is 14.9 Å². The number of nitrogens with one attached hydrogen (secondary N) is 1. The Labute approximate surface area is 129 Å². The highest BCUT2D eigenvalue weighted by atomic mass is 35.5. The Kier molecular flexibility index (Phi) is 5.69. The molecule has 0 radical (unpaired) electrons. The first-order valence-electron chi connectivity index (χ1n) is 5.56. The third-order valence-corrected chi connectivity index (χ3v) is 3.27. The zero-order valence-corrected chi connectivity index (χ0v) is 12.0.